The van der Waals surface area contributed by atoms with Gasteiger partial charge in [-0.1, -0.05) is 0 Å². The van der Waals surface area contributed by atoms with Crippen molar-refractivity contribution in [1.29, 1.82) is 0 Å². The van der Waals surface area contributed by atoms with Gasteiger partial charge in [0.2, 0.25) is 0 Å². The molecular formula is C18H30N4OS. The van der Waals surface area contributed by atoms with E-state index in [2.05, 4.69) is 58.1 Å². The van der Waals surface area contributed by atoms with Crippen LogP contribution in [0.4, 0.5) is 11.4 Å². The highest BCUT2D eigenvalue weighted by Gasteiger charge is 2.19. The summed E-state index contributed by atoms with van der Waals surface area (Å²) < 4.78 is 5.95. The minimum absolute atomic E-state index is 0.703. The number of benzene rings is 1. The summed E-state index contributed by atoms with van der Waals surface area (Å²) in [6.45, 7) is 8.85. The molecule has 1 aromatic carbocycles. The Bertz CT molecular complexity index is 486. The fourth-order valence-electron chi connectivity index (χ4n) is 3.27. The van der Waals surface area contributed by atoms with Crippen molar-refractivity contribution in [2.24, 2.45) is 0 Å². The van der Waals surface area contributed by atoms with Crippen molar-refractivity contribution in [2.75, 3.05) is 88.4 Å². The molecule has 2 aliphatic rings. The first-order valence-electron chi connectivity index (χ1n) is 8.79. The lowest BCUT2D eigenvalue weighted by Gasteiger charge is -2.37. The SMILES string of the molecule is CSCOc1cc(N2CCN(C)CC2)cc(N2CCN(C)CC2)c1. The Morgan fingerprint density at radius 3 is 1.67 bits per heavy atom. The third-order valence-corrected chi connectivity index (χ3v) is 5.31. The molecule has 2 aliphatic heterocycles. The molecule has 0 aliphatic carbocycles. The molecule has 0 atom stereocenters. The summed E-state index contributed by atoms with van der Waals surface area (Å²) in [5.41, 5.74) is 2.60. The van der Waals surface area contributed by atoms with Crippen molar-refractivity contribution >= 4 is 23.1 Å². The molecule has 2 fully saturated rings. The third kappa shape index (κ3) is 4.49. The van der Waals surface area contributed by atoms with Crippen LogP contribution in [0.2, 0.25) is 0 Å². The third-order valence-electron chi connectivity index (χ3n) is 4.96. The number of rotatable bonds is 5. The van der Waals surface area contributed by atoms with Gasteiger partial charge < -0.3 is 24.3 Å². The Labute approximate surface area is 150 Å². The number of anilines is 2. The lowest BCUT2D eigenvalue weighted by molar-refractivity contribution is 0.311. The largest absolute Gasteiger partial charge is 0.483 e. The Morgan fingerprint density at radius 1 is 0.792 bits per heavy atom. The van der Waals surface area contributed by atoms with Crippen molar-refractivity contribution in [1.82, 2.24) is 9.80 Å². The number of thioether (sulfide) groups is 1. The predicted molar refractivity (Wildman–Crippen MR) is 105 cm³/mol. The fraction of sp³-hybridized carbons (Fsp3) is 0.667. The van der Waals surface area contributed by atoms with Gasteiger partial charge >= 0.3 is 0 Å². The molecule has 0 bridgehead atoms. The normalized spacial score (nSPS) is 20.5. The minimum Gasteiger partial charge on any atom is -0.483 e. The molecule has 1 aromatic rings. The quantitative estimate of drug-likeness (QED) is 0.751. The summed E-state index contributed by atoms with van der Waals surface area (Å²) in [5, 5.41) is 0. The van der Waals surface area contributed by atoms with Gasteiger partial charge in [-0.25, -0.2) is 0 Å². The van der Waals surface area contributed by atoms with Gasteiger partial charge in [-0.3, -0.25) is 0 Å². The molecule has 6 heteroatoms. The van der Waals surface area contributed by atoms with Gasteiger partial charge in [0.05, 0.1) is 0 Å². The van der Waals surface area contributed by atoms with E-state index in [-0.39, 0.29) is 0 Å². The number of piperazine rings is 2. The zero-order chi connectivity index (χ0) is 16.9. The monoisotopic (exact) mass is 350 g/mol. The second-order valence-electron chi connectivity index (χ2n) is 6.82. The van der Waals surface area contributed by atoms with Gasteiger partial charge in [0.15, 0.2) is 0 Å². The number of nitrogens with zero attached hydrogens (tertiary/aromatic N) is 4. The van der Waals surface area contributed by atoms with E-state index in [9.17, 15) is 0 Å². The molecule has 3 rings (SSSR count). The van der Waals surface area contributed by atoms with E-state index >= 15 is 0 Å². The summed E-state index contributed by atoms with van der Waals surface area (Å²) in [4.78, 5) is 9.77. The van der Waals surface area contributed by atoms with Crippen molar-refractivity contribution in [3.05, 3.63) is 18.2 Å². The summed E-state index contributed by atoms with van der Waals surface area (Å²) in [6, 6.07) is 6.77. The zero-order valence-corrected chi connectivity index (χ0v) is 16.0. The first-order chi connectivity index (χ1) is 11.7. The standard InChI is InChI=1S/C18H30N4OS/c1-19-4-8-21(9-5-19)16-12-17(14-18(13-16)23-15-24-3)22-10-6-20(2)7-11-22/h12-14H,4-11,15H2,1-3H3. The van der Waals surface area contributed by atoms with Crippen molar-refractivity contribution in [3.8, 4) is 5.75 Å². The van der Waals surface area contributed by atoms with Crippen LogP contribution in [0.15, 0.2) is 18.2 Å². The lowest BCUT2D eigenvalue weighted by Crippen LogP contribution is -2.45. The van der Waals surface area contributed by atoms with Gasteiger partial charge in [-0.05, 0) is 26.4 Å². The van der Waals surface area contributed by atoms with Gasteiger partial charge in [0, 0.05) is 75.9 Å². The first-order valence-corrected chi connectivity index (χ1v) is 10.2. The van der Waals surface area contributed by atoms with E-state index < -0.39 is 0 Å². The topological polar surface area (TPSA) is 22.2 Å². The van der Waals surface area contributed by atoms with Crippen LogP contribution in [-0.2, 0) is 0 Å². The van der Waals surface area contributed by atoms with Gasteiger partial charge in [0.1, 0.15) is 11.7 Å². The molecule has 24 heavy (non-hydrogen) atoms. The van der Waals surface area contributed by atoms with E-state index in [0.717, 1.165) is 58.1 Å². The Kier molecular flexibility index (Phi) is 6.14. The molecule has 5 nitrogen and oxygen atoms in total. The van der Waals surface area contributed by atoms with E-state index in [1.54, 1.807) is 11.8 Å². The zero-order valence-electron chi connectivity index (χ0n) is 15.2. The van der Waals surface area contributed by atoms with E-state index in [1.807, 2.05) is 0 Å². The Morgan fingerprint density at radius 2 is 1.25 bits per heavy atom. The second kappa shape index (κ2) is 8.32. The highest BCUT2D eigenvalue weighted by Crippen LogP contribution is 2.31. The Hall–Kier alpha value is -1.11. The summed E-state index contributed by atoms with van der Waals surface area (Å²) in [6.07, 6.45) is 2.08. The Balaban J connectivity index is 1.80. The molecule has 0 saturated carbocycles. The smallest absolute Gasteiger partial charge is 0.133 e. The molecule has 0 spiro atoms. The number of ether oxygens (including phenoxy) is 1. The summed E-state index contributed by atoms with van der Waals surface area (Å²) in [5.74, 6) is 1.70. The number of hydrogen-bond donors (Lipinski definition) is 0. The summed E-state index contributed by atoms with van der Waals surface area (Å²) >= 11 is 1.72. The minimum atomic E-state index is 0.703. The molecule has 0 amide bonds. The summed E-state index contributed by atoms with van der Waals surface area (Å²) in [7, 11) is 4.40. The van der Waals surface area contributed by atoms with Crippen LogP contribution >= 0.6 is 11.8 Å². The maximum Gasteiger partial charge on any atom is 0.133 e. The molecule has 0 aromatic heterocycles. The van der Waals surface area contributed by atoms with Crippen LogP contribution in [0, 0.1) is 0 Å². The molecule has 134 valence electrons. The average molecular weight is 351 g/mol. The van der Waals surface area contributed by atoms with Gasteiger partial charge in [-0.15, -0.1) is 11.8 Å². The highest BCUT2D eigenvalue weighted by molar-refractivity contribution is 7.98. The highest BCUT2D eigenvalue weighted by atomic mass is 32.2. The number of likely N-dealkylation sites (N-methyl/N-ethyl adjacent to an activating group) is 2. The predicted octanol–water partition coefficient (Wildman–Crippen LogP) is 1.89. The second-order valence-corrected chi connectivity index (χ2v) is 7.63. The van der Waals surface area contributed by atoms with Crippen LogP contribution in [0.25, 0.3) is 0 Å². The maximum absolute atomic E-state index is 5.95. The van der Waals surface area contributed by atoms with Crippen molar-refractivity contribution < 1.29 is 4.74 Å². The molecule has 2 saturated heterocycles. The lowest BCUT2D eigenvalue weighted by atomic mass is 10.2. The van der Waals surface area contributed by atoms with E-state index in [4.69, 9.17) is 4.74 Å². The molecule has 2 heterocycles. The average Bonchev–Trinajstić information content (AvgIpc) is 2.61. The van der Waals surface area contributed by atoms with Crippen molar-refractivity contribution in [2.45, 2.75) is 0 Å². The van der Waals surface area contributed by atoms with Crippen LogP contribution in [0.1, 0.15) is 0 Å². The molecular weight excluding hydrogens is 320 g/mol. The maximum atomic E-state index is 5.95. The molecule has 0 radical (unpaired) electrons. The molecule has 0 unspecified atom stereocenters. The van der Waals surface area contributed by atoms with E-state index in [0.29, 0.717) is 5.94 Å². The van der Waals surface area contributed by atoms with E-state index in [1.165, 1.54) is 11.4 Å². The van der Waals surface area contributed by atoms with Crippen LogP contribution in [-0.4, -0.2) is 88.4 Å². The number of hydrogen-bond acceptors (Lipinski definition) is 6. The van der Waals surface area contributed by atoms with Crippen LogP contribution in [0.5, 0.6) is 5.75 Å². The van der Waals surface area contributed by atoms with Gasteiger partial charge in [-0.2, -0.15) is 0 Å². The first kappa shape index (κ1) is 17.7. The van der Waals surface area contributed by atoms with Crippen molar-refractivity contribution in [3.63, 3.8) is 0 Å². The van der Waals surface area contributed by atoms with Crippen LogP contribution < -0.4 is 14.5 Å². The van der Waals surface area contributed by atoms with Crippen LogP contribution in [0.3, 0.4) is 0 Å². The fourth-order valence-corrected chi connectivity index (χ4v) is 3.53. The van der Waals surface area contributed by atoms with Gasteiger partial charge in [0.25, 0.3) is 0 Å². The molecule has 0 N–H and O–H groups in total.